The van der Waals surface area contributed by atoms with Gasteiger partial charge in [-0.2, -0.15) is 0 Å². The fourth-order valence-corrected chi connectivity index (χ4v) is 2.40. The van der Waals surface area contributed by atoms with Crippen molar-refractivity contribution in [3.05, 3.63) is 36.2 Å². The Hall–Kier alpha value is -2.21. The number of aromatic nitrogens is 1. The zero-order valence-corrected chi connectivity index (χ0v) is 13.6. The quantitative estimate of drug-likeness (QED) is 0.787. The molecule has 1 aromatic heterocycles. The third-order valence-electron chi connectivity index (χ3n) is 3.73. The number of carbonyl (C=O) groups excluding carboxylic acids is 2. The molecule has 124 valence electrons. The molecule has 6 heteroatoms. The van der Waals surface area contributed by atoms with E-state index in [0.29, 0.717) is 19.6 Å². The van der Waals surface area contributed by atoms with E-state index in [-0.39, 0.29) is 11.8 Å². The minimum Gasteiger partial charge on any atom is -0.355 e. The molecule has 0 saturated carbocycles. The third-order valence-corrected chi connectivity index (χ3v) is 3.73. The van der Waals surface area contributed by atoms with Gasteiger partial charge in [0.05, 0.1) is 6.54 Å². The van der Waals surface area contributed by atoms with Crippen molar-refractivity contribution in [2.45, 2.75) is 13.3 Å². The van der Waals surface area contributed by atoms with Crippen molar-refractivity contribution < 1.29 is 9.59 Å². The van der Waals surface area contributed by atoms with E-state index < -0.39 is 0 Å². The Morgan fingerprint density at radius 2 is 2.09 bits per heavy atom. The van der Waals surface area contributed by atoms with Gasteiger partial charge in [0, 0.05) is 51.2 Å². The molecule has 2 amide bonds. The fraction of sp³-hybridized carbons (Fsp3) is 0.471. The first kappa shape index (κ1) is 17.1. The van der Waals surface area contributed by atoms with Gasteiger partial charge in [0.15, 0.2) is 0 Å². The van der Waals surface area contributed by atoms with Crippen molar-refractivity contribution in [3.8, 4) is 0 Å². The van der Waals surface area contributed by atoms with Crippen LogP contribution in [0.5, 0.6) is 0 Å². The summed E-state index contributed by atoms with van der Waals surface area (Å²) in [5.74, 6) is 0.0621. The summed E-state index contributed by atoms with van der Waals surface area (Å²) in [6.45, 7) is 5.92. The highest BCUT2D eigenvalue weighted by Gasteiger charge is 2.20. The van der Waals surface area contributed by atoms with E-state index in [1.54, 1.807) is 24.5 Å². The lowest BCUT2D eigenvalue weighted by Crippen LogP contribution is -2.50. The number of amides is 2. The van der Waals surface area contributed by atoms with Crippen LogP contribution < -0.4 is 5.32 Å². The smallest absolute Gasteiger partial charge is 0.246 e. The second kappa shape index (κ2) is 9.05. The number of hydrogen-bond acceptors (Lipinski definition) is 4. The lowest BCUT2D eigenvalue weighted by Gasteiger charge is -2.33. The van der Waals surface area contributed by atoms with E-state index in [1.165, 1.54) is 0 Å². The molecule has 0 aliphatic carbocycles. The first-order valence-electron chi connectivity index (χ1n) is 8.05. The zero-order valence-electron chi connectivity index (χ0n) is 13.6. The van der Waals surface area contributed by atoms with E-state index in [0.717, 1.165) is 31.6 Å². The maximum Gasteiger partial charge on any atom is 0.246 e. The summed E-state index contributed by atoms with van der Waals surface area (Å²) in [4.78, 5) is 31.8. The highest BCUT2D eigenvalue weighted by atomic mass is 16.2. The second-order valence-electron chi connectivity index (χ2n) is 5.57. The van der Waals surface area contributed by atoms with Crippen LogP contribution in [0, 0.1) is 0 Å². The maximum absolute atomic E-state index is 12.2. The van der Waals surface area contributed by atoms with Gasteiger partial charge in [-0.15, -0.1) is 0 Å². The Morgan fingerprint density at radius 3 is 2.74 bits per heavy atom. The van der Waals surface area contributed by atoms with Crippen LogP contribution in [0.3, 0.4) is 0 Å². The maximum atomic E-state index is 12.2. The highest BCUT2D eigenvalue weighted by molar-refractivity contribution is 5.91. The highest BCUT2D eigenvalue weighted by Crippen LogP contribution is 2.05. The fourth-order valence-electron chi connectivity index (χ4n) is 2.40. The summed E-state index contributed by atoms with van der Waals surface area (Å²) in [5.41, 5.74) is 0.909. The van der Waals surface area contributed by atoms with Crippen molar-refractivity contribution in [3.63, 3.8) is 0 Å². The van der Waals surface area contributed by atoms with E-state index in [2.05, 4.69) is 15.2 Å². The molecule has 2 heterocycles. The molecule has 0 bridgehead atoms. The molecule has 0 radical (unpaired) electrons. The second-order valence-corrected chi connectivity index (χ2v) is 5.57. The molecule has 1 aliphatic heterocycles. The molecule has 0 aromatic carbocycles. The lowest BCUT2D eigenvalue weighted by molar-refractivity contribution is -0.128. The number of nitrogens with zero attached hydrogens (tertiary/aromatic N) is 3. The summed E-state index contributed by atoms with van der Waals surface area (Å²) in [6, 6.07) is 3.75. The molecule has 1 N–H and O–H groups in total. The molecule has 1 aliphatic rings. The zero-order chi connectivity index (χ0) is 16.5. The molecule has 0 spiro atoms. The first-order chi connectivity index (χ1) is 11.2. The molecule has 1 fully saturated rings. The van der Waals surface area contributed by atoms with Gasteiger partial charge in [0.1, 0.15) is 0 Å². The Kier molecular flexibility index (Phi) is 6.75. The van der Waals surface area contributed by atoms with Crippen LogP contribution in [0.4, 0.5) is 0 Å². The van der Waals surface area contributed by atoms with Crippen LogP contribution in [-0.2, 0) is 9.59 Å². The summed E-state index contributed by atoms with van der Waals surface area (Å²) in [7, 11) is 0. The standard InChI is InChI=1S/C17H24N4O2/c1-2-7-19-16(22)14-20-9-11-21(12-10-20)17(23)6-5-15-4-3-8-18-13-15/h3-6,8,13H,2,7,9-12,14H2,1H3,(H,19,22)/b6-5+. The van der Waals surface area contributed by atoms with Crippen LogP contribution in [0.25, 0.3) is 6.08 Å². The number of carbonyl (C=O) groups is 2. The minimum absolute atomic E-state index is 0.00365. The van der Waals surface area contributed by atoms with Gasteiger partial charge in [0.2, 0.25) is 11.8 Å². The predicted octanol–water partition coefficient (Wildman–Crippen LogP) is 0.765. The first-order valence-corrected chi connectivity index (χ1v) is 8.05. The Balaban J connectivity index is 1.74. The summed E-state index contributed by atoms with van der Waals surface area (Å²) in [6.07, 6.45) is 7.73. The van der Waals surface area contributed by atoms with E-state index >= 15 is 0 Å². The number of nitrogens with one attached hydrogen (secondary N) is 1. The van der Waals surface area contributed by atoms with Crippen LogP contribution in [0.15, 0.2) is 30.6 Å². The van der Waals surface area contributed by atoms with Gasteiger partial charge < -0.3 is 10.2 Å². The number of rotatable bonds is 6. The van der Waals surface area contributed by atoms with Gasteiger partial charge in [-0.25, -0.2) is 0 Å². The SMILES string of the molecule is CCCNC(=O)CN1CCN(C(=O)/C=C/c2cccnc2)CC1. The lowest BCUT2D eigenvalue weighted by atomic mass is 10.2. The van der Waals surface area contributed by atoms with E-state index in [1.807, 2.05) is 24.0 Å². The van der Waals surface area contributed by atoms with Gasteiger partial charge in [0.25, 0.3) is 0 Å². The third kappa shape index (κ3) is 5.83. The molecule has 1 aromatic rings. The van der Waals surface area contributed by atoms with E-state index in [4.69, 9.17) is 0 Å². The van der Waals surface area contributed by atoms with Gasteiger partial charge in [-0.3, -0.25) is 19.5 Å². The predicted molar refractivity (Wildman–Crippen MR) is 89.6 cm³/mol. The summed E-state index contributed by atoms with van der Waals surface area (Å²) in [5, 5.41) is 2.87. The Bertz CT molecular complexity index is 537. The molecule has 0 atom stereocenters. The largest absolute Gasteiger partial charge is 0.355 e. The monoisotopic (exact) mass is 316 g/mol. The van der Waals surface area contributed by atoms with E-state index in [9.17, 15) is 9.59 Å². The van der Waals surface area contributed by atoms with Crippen LogP contribution in [0.1, 0.15) is 18.9 Å². The Morgan fingerprint density at radius 1 is 1.30 bits per heavy atom. The molecule has 23 heavy (non-hydrogen) atoms. The van der Waals surface area contributed by atoms with Gasteiger partial charge in [-0.1, -0.05) is 13.0 Å². The van der Waals surface area contributed by atoms with Gasteiger partial charge in [-0.05, 0) is 24.1 Å². The van der Waals surface area contributed by atoms with Crippen molar-refractivity contribution >= 4 is 17.9 Å². The van der Waals surface area contributed by atoms with Crippen LogP contribution in [0.2, 0.25) is 0 Å². The number of hydrogen-bond donors (Lipinski definition) is 1. The summed E-state index contributed by atoms with van der Waals surface area (Å²) < 4.78 is 0. The average Bonchev–Trinajstić information content (AvgIpc) is 2.59. The normalized spacial score (nSPS) is 15.8. The average molecular weight is 316 g/mol. The van der Waals surface area contributed by atoms with Crippen molar-refractivity contribution in [2.75, 3.05) is 39.3 Å². The van der Waals surface area contributed by atoms with Crippen molar-refractivity contribution in [1.82, 2.24) is 20.1 Å². The van der Waals surface area contributed by atoms with Crippen molar-refractivity contribution in [1.29, 1.82) is 0 Å². The minimum atomic E-state index is 0.00365. The van der Waals surface area contributed by atoms with Crippen LogP contribution >= 0.6 is 0 Å². The molecule has 0 unspecified atom stereocenters. The number of piperazine rings is 1. The Labute approximate surface area is 137 Å². The van der Waals surface area contributed by atoms with Crippen molar-refractivity contribution in [2.24, 2.45) is 0 Å². The summed E-state index contributed by atoms with van der Waals surface area (Å²) >= 11 is 0. The molecular weight excluding hydrogens is 292 g/mol. The van der Waals surface area contributed by atoms with Crippen LogP contribution in [-0.4, -0.2) is 65.9 Å². The number of pyridine rings is 1. The topological polar surface area (TPSA) is 65.5 Å². The molecule has 2 rings (SSSR count). The molecular formula is C17H24N4O2. The molecule has 6 nitrogen and oxygen atoms in total. The van der Waals surface area contributed by atoms with Gasteiger partial charge >= 0.3 is 0 Å². The molecule has 1 saturated heterocycles.